The number of likely N-dealkylation sites (N-methyl/N-ethyl adjacent to an activating group) is 1. The Kier molecular flexibility index (Phi) is 5.44. The van der Waals surface area contributed by atoms with Crippen molar-refractivity contribution in [2.45, 2.75) is 26.3 Å². The minimum Gasteiger partial charge on any atom is -0.323 e. The molecule has 1 aliphatic heterocycles. The summed E-state index contributed by atoms with van der Waals surface area (Å²) in [6.45, 7) is 5.20. The molecule has 142 valence electrons. The summed E-state index contributed by atoms with van der Waals surface area (Å²) in [4.78, 5) is 14.1. The maximum Gasteiger partial charge on any atom is 0.321 e. The van der Waals surface area contributed by atoms with E-state index in [1.54, 1.807) is 35.3 Å². The molecule has 0 fully saturated rings. The van der Waals surface area contributed by atoms with E-state index in [4.69, 9.17) is 0 Å². The van der Waals surface area contributed by atoms with Crippen LogP contribution < -0.4 is 5.32 Å². The van der Waals surface area contributed by atoms with Crippen molar-refractivity contribution in [1.29, 1.82) is 0 Å². The van der Waals surface area contributed by atoms with Crippen LogP contribution in [0.4, 0.5) is 14.9 Å². The number of nitrogens with zero attached hydrogens (tertiary/aromatic N) is 3. The van der Waals surface area contributed by atoms with Crippen LogP contribution in [-0.4, -0.2) is 42.8 Å². The molecule has 0 spiro atoms. The van der Waals surface area contributed by atoms with Gasteiger partial charge >= 0.3 is 6.03 Å². The van der Waals surface area contributed by atoms with Gasteiger partial charge in [-0.3, -0.25) is 5.01 Å². The van der Waals surface area contributed by atoms with Crippen LogP contribution in [0.15, 0.2) is 41.5 Å². The predicted molar refractivity (Wildman–Crippen MR) is 107 cm³/mol. The lowest BCUT2D eigenvalue weighted by molar-refractivity contribution is 0.220. The molecule has 0 radical (unpaired) electrons. The number of hydrogen-bond acceptors (Lipinski definition) is 3. The molecule has 27 heavy (non-hydrogen) atoms. The third-order valence-corrected chi connectivity index (χ3v) is 4.81. The number of carbonyl (C=O) groups excluding carboxylic acids is 1. The fraction of sp³-hybridized carbons (Fsp3) is 0.333. The van der Waals surface area contributed by atoms with E-state index >= 15 is 0 Å². The van der Waals surface area contributed by atoms with E-state index in [2.05, 4.69) is 22.6 Å². The highest BCUT2D eigenvalue weighted by Crippen LogP contribution is 2.25. The van der Waals surface area contributed by atoms with Crippen molar-refractivity contribution in [3.8, 4) is 0 Å². The minimum absolute atomic E-state index is 0.0632. The summed E-state index contributed by atoms with van der Waals surface area (Å²) in [5, 5.41) is 8.69. The summed E-state index contributed by atoms with van der Waals surface area (Å²) in [5.41, 5.74) is 4.42. The molecule has 1 N–H and O–H groups in total. The summed E-state index contributed by atoms with van der Waals surface area (Å²) in [6.07, 6.45) is 1.74. The Morgan fingerprint density at radius 1 is 1.30 bits per heavy atom. The Morgan fingerprint density at radius 2 is 2.07 bits per heavy atom. The van der Waals surface area contributed by atoms with Crippen LogP contribution >= 0.6 is 0 Å². The lowest BCUT2D eigenvalue weighted by Crippen LogP contribution is -2.31. The average Bonchev–Trinajstić information content (AvgIpc) is 3.04. The van der Waals surface area contributed by atoms with Gasteiger partial charge < -0.3 is 10.2 Å². The number of aryl methyl sites for hydroxylation is 2. The first-order valence-electron chi connectivity index (χ1n) is 8.96. The van der Waals surface area contributed by atoms with E-state index in [0.29, 0.717) is 24.3 Å². The fourth-order valence-corrected chi connectivity index (χ4v) is 3.17. The molecule has 0 aromatic heterocycles. The standard InChI is InChI=1S/C21H25FN4O/c1-14-5-6-15(2)16(9-14)12-25(3)21(27)24-18-7-8-19(20(22)10-18)17-11-23-26(4)13-17/h5-11,17H,12-13H2,1-4H3,(H,24,27). The highest BCUT2D eigenvalue weighted by Gasteiger charge is 2.20. The van der Waals surface area contributed by atoms with E-state index in [0.717, 1.165) is 16.7 Å². The molecule has 0 saturated heterocycles. The molecule has 0 saturated carbocycles. The second-order valence-electron chi connectivity index (χ2n) is 7.16. The number of hydrazone groups is 1. The molecule has 1 unspecified atom stereocenters. The Morgan fingerprint density at radius 3 is 2.74 bits per heavy atom. The number of nitrogens with one attached hydrogen (secondary N) is 1. The van der Waals surface area contributed by atoms with E-state index in [-0.39, 0.29) is 17.8 Å². The molecule has 2 aromatic carbocycles. The fourth-order valence-electron chi connectivity index (χ4n) is 3.17. The molecular weight excluding hydrogens is 343 g/mol. The van der Waals surface area contributed by atoms with Gasteiger partial charge in [-0.25, -0.2) is 9.18 Å². The Bertz CT molecular complexity index is 880. The van der Waals surface area contributed by atoms with Crippen LogP contribution in [0.25, 0.3) is 0 Å². The van der Waals surface area contributed by atoms with E-state index in [1.807, 2.05) is 27.0 Å². The molecule has 5 nitrogen and oxygen atoms in total. The molecule has 2 aromatic rings. The zero-order valence-electron chi connectivity index (χ0n) is 16.2. The second kappa shape index (κ2) is 7.78. The number of benzene rings is 2. The van der Waals surface area contributed by atoms with Crippen molar-refractivity contribution >= 4 is 17.9 Å². The smallest absolute Gasteiger partial charge is 0.321 e. The van der Waals surface area contributed by atoms with Crippen molar-refractivity contribution in [3.05, 3.63) is 64.5 Å². The van der Waals surface area contributed by atoms with E-state index < -0.39 is 0 Å². The van der Waals surface area contributed by atoms with E-state index in [9.17, 15) is 9.18 Å². The first-order chi connectivity index (χ1) is 12.8. The van der Waals surface area contributed by atoms with Crippen molar-refractivity contribution in [2.75, 3.05) is 26.0 Å². The van der Waals surface area contributed by atoms with Gasteiger partial charge in [-0.1, -0.05) is 29.8 Å². The van der Waals surface area contributed by atoms with Crippen molar-refractivity contribution in [3.63, 3.8) is 0 Å². The Labute approximate surface area is 159 Å². The largest absolute Gasteiger partial charge is 0.323 e. The molecule has 2 amide bonds. The van der Waals surface area contributed by atoms with Crippen molar-refractivity contribution in [1.82, 2.24) is 9.91 Å². The summed E-state index contributed by atoms with van der Waals surface area (Å²) in [5.74, 6) is -0.400. The average molecular weight is 368 g/mol. The SMILES string of the molecule is Cc1ccc(C)c(CN(C)C(=O)Nc2ccc(C3C=NN(C)C3)c(F)c2)c1. The van der Waals surface area contributed by atoms with Gasteiger partial charge in [0.05, 0.1) is 0 Å². The molecular formula is C21H25FN4O. The zero-order chi connectivity index (χ0) is 19.6. The summed E-state index contributed by atoms with van der Waals surface area (Å²) < 4.78 is 14.5. The lowest BCUT2D eigenvalue weighted by atomic mass is 10.00. The second-order valence-corrected chi connectivity index (χ2v) is 7.16. The third kappa shape index (κ3) is 4.45. The number of carbonyl (C=O) groups is 1. The van der Waals surface area contributed by atoms with Crippen LogP contribution in [-0.2, 0) is 6.54 Å². The zero-order valence-corrected chi connectivity index (χ0v) is 16.2. The van der Waals surface area contributed by atoms with Crippen LogP contribution in [0.3, 0.4) is 0 Å². The van der Waals surface area contributed by atoms with Gasteiger partial charge in [-0.05, 0) is 42.7 Å². The number of urea groups is 1. The van der Waals surface area contributed by atoms with Gasteiger partial charge in [0, 0.05) is 45.0 Å². The molecule has 6 heteroatoms. The molecule has 0 aliphatic carbocycles. The normalized spacial score (nSPS) is 15.9. The quantitative estimate of drug-likeness (QED) is 0.882. The summed E-state index contributed by atoms with van der Waals surface area (Å²) in [7, 11) is 3.58. The van der Waals surface area contributed by atoms with Gasteiger partial charge in [0.25, 0.3) is 0 Å². The monoisotopic (exact) mass is 368 g/mol. The van der Waals surface area contributed by atoms with Crippen LogP contribution in [0.2, 0.25) is 0 Å². The highest BCUT2D eigenvalue weighted by atomic mass is 19.1. The van der Waals surface area contributed by atoms with Crippen LogP contribution in [0.1, 0.15) is 28.2 Å². The Hall–Kier alpha value is -2.89. The third-order valence-electron chi connectivity index (χ3n) is 4.81. The van der Waals surface area contributed by atoms with Gasteiger partial charge in [-0.15, -0.1) is 0 Å². The predicted octanol–water partition coefficient (Wildman–Crippen LogP) is 4.12. The van der Waals surface area contributed by atoms with Crippen molar-refractivity contribution < 1.29 is 9.18 Å². The number of rotatable bonds is 4. The molecule has 1 aliphatic rings. The maximum absolute atomic E-state index is 14.5. The summed E-state index contributed by atoms with van der Waals surface area (Å²) in [6, 6.07) is 10.7. The maximum atomic E-state index is 14.5. The molecule has 1 atom stereocenters. The Balaban J connectivity index is 1.66. The first kappa shape index (κ1) is 18.9. The number of amides is 2. The van der Waals surface area contributed by atoms with Gasteiger partial charge in [0.1, 0.15) is 5.82 Å². The van der Waals surface area contributed by atoms with E-state index in [1.165, 1.54) is 6.07 Å². The first-order valence-corrected chi connectivity index (χ1v) is 8.96. The molecule has 0 bridgehead atoms. The number of hydrogen-bond donors (Lipinski definition) is 1. The van der Waals surface area contributed by atoms with Crippen LogP contribution in [0, 0.1) is 19.7 Å². The minimum atomic E-state index is -0.336. The van der Waals surface area contributed by atoms with Crippen LogP contribution in [0.5, 0.6) is 0 Å². The lowest BCUT2D eigenvalue weighted by Gasteiger charge is -2.20. The number of halogens is 1. The van der Waals surface area contributed by atoms with Gasteiger partial charge in [0.2, 0.25) is 0 Å². The van der Waals surface area contributed by atoms with Gasteiger partial charge in [-0.2, -0.15) is 5.10 Å². The van der Waals surface area contributed by atoms with Gasteiger partial charge in [0.15, 0.2) is 0 Å². The molecule has 3 rings (SSSR count). The highest BCUT2D eigenvalue weighted by molar-refractivity contribution is 5.89. The number of anilines is 1. The topological polar surface area (TPSA) is 47.9 Å². The molecule has 1 heterocycles. The van der Waals surface area contributed by atoms with Crippen molar-refractivity contribution in [2.24, 2.45) is 5.10 Å². The summed E-state index contributed by atoms with van der Waals surface area (Å²) >= 11 is 0.